The Bertz CT molecular complexity index is 542. The van der Waals surface area contributed by atoms with E-state index in [9.17, 15) is 13.2 Å². The minimum Gasteiger partial charge on any atom is -0.357 e. The van der Waals surface area contributed by atoms with Gasteiger partial charge in [-0.05, 0) is 49.7 Å². The predicted octanol–water partition coefficient (Wildman–Crippen LogP) is 3.00. The predicted molar refractivity (Wildman–Crippen MR) is 92.5 cm³/mol. The highest BCUT2D eigenvalue weighted by Crippen LogP contribution is 2.22. The summed E-state index contributed by atoms with van der Waals surface area (Å²) in [7, 11) is 0. The summed E-state index contributed by atoms with van der Waals surface area (Å²) in [5.41, 5.74) is 1.23. The van der Waals surface area contributed by atoms with E-state index in [0.717, 1.165) is 18.9 Å². The monoisotopic (exact) mass is 362 g/mol. The van der Waals surface area contributed by atoms with Crippen LogP contribution in [0.1, 0.15) is 23.8 Å². The van der Waals surface area contributed by atoms with E-state index in [0.29, 0.717) is 26.2 Å². The van der Waals surface area contributed by atoms with Crippen LogP contribution in [0.25, 0.3) is 0 Å². The molecule has 4 nitrogen and oxygen atoms in total. The van der Waals surface area contributed by atoms with E-state index in [1.165, 1.54) is 15.3 Å². The van der Waals surface area contributed by atoms with Crippen molar-refractivity contribution >= 4 is 17.3 Å². The molecule has 1 unspecified atom stereocenters. The molecule has 1 saturated heterocycles. The van der Waals surface area contributed by atoms with Gasteiger partial charge in [0.05, 0.1) is 13.1 Å². The summed E-state index contributed by atoms with van der Waals surface area (Å²) in [6.07, 6.45) is -3.33. The highest BCUT2D eigenvalue weighted by atomic mass is 32.1. The van der Waals surface area contributed by atoms with Crippen LogP contribution in [0.2, 0.25) is 0 Å². The van der Waals surface area contributed by atoms with E-state index >= 15 is 0 Å². The summed E-state index contributed by atoms with van der Waals surface area (Å²) in [5.74, 6) is 0.944. The van der Waals surface area contributed by atoms with Gasteiger partial charge >= 0.3 is 6.18 Å². The smallest absolute Gasteiger partial charge is 0.357 e. The molecule has 0 spiro atoms. The second-order valence-electron chi connectivity index (χ2n) is 6.11. The van der Waals surface area contributed by atoms with Crippen molar-refractivity contribution in [2.24, 2.45) is 10.9 Å². The van der Waals surface area contributed by atoms with Crippen LogP contribution in [0.5, 0.6) is 0 Å². The van der Waals surface area contributed by atoms with E-state index < -0.39 is 12.7 Å². The molecule has 1 aromatic heterocycles. The number of guanidine groups is 1. The normalized spacial score (nSPS) is 19.7. The van der Waals surface area contributed by atoms with E-state index in [-0.39, 0.29) is 5.92 Å². The van der Waals surface area contributed by atoms with Crippen LogP contribution in [0.15, 0.2) is 16.4 Å². The average Bonchev–Trinajstić information content (AvgIpc) is 3.09. The zero-order valence-corrected chi connectivity index (χ0v) is 14.9. The number of hydrogen-bond acceptors (Lipinski definition) is 3. The number of nitrogens with one attached hydrogen (secondary N) is 2. The Morgan fingerprint density at radius 1 is 1.42 bits per heavy atom. The Hall–Kier alpha value is -1.28. The molecule has 1 atom stereocenters. The summed E-state index contributed by atoms with van der Waals surface area (Å²) in [5, 5.41) is 8.50. The van der Waals surface area contributed by atoms with Crippen LogP contribution in [0.4, 0.5) is 13.2 Å². The molecule has 0 radical (unpaired) electrons. The highest BCUT2D eigenvalue weighted by molar-refractivity contribution is 7.10. The summed E-state index contributed by atoms with van der Waals surface area (Å²) < 4.78 is 37.3. The van der Waals surface area contributed by atoms with Gasteiger partial charge in [0.25, 0.3) is 0 Å². The largest absolute Gasteiger partial charge is 0.401 e. The van der Waals surface area contributed by atoms with Crippen LogP contribution in [0, 0.1) is 12.8 Å². The maximum absolute atomic E-state index is 12.4. The Morgan fingerprint density at radius 2 is 2.21 bits per heavy atom. The summed E-state index contributed by atoms with van der Waals surface area (Å²) in [6.45, 7) is 6.25. The number of halogens is 3. The molecule has 1 aliphatic rings. The Morgan fingerprint density at radius 3 is 2.83 bits per heavy atom. The van der Waals surface area contributed by atoms with Gasteiger partial charge in [0.1, 0.15) is 0 Å². The van der Waals surface area contributed by atoms with Crippen molar-refractivity contribution in [1.82, 2.24) is 15.5 Å². The molecule has 0 aromatic carbocycles. The Labute approximate surface area is 145 Å². The minimum atomic E-state index is -4.11. The second-order valence-corrected chi connectivity index (χ2v) is 7.11. The lowest BCUT2D eigenvalue weighted by atomic mass is 10.1. The molecular weight excluding hydrogens is 337 g/mol. The zero-order valence-electron chi connectivity index (χ0n) is 14.1. The minimum absolute atomic E-state index is 0.222. The fourth-order valence-electron chi connectivity index (χ4n) is 2.78. The fraction of sp³-hybridized carbons (Fsp3) is 0.688. The number of rotatable bonds is 6. The molecule has 2 N–H and O–H groups in total. The number of likely N-dealkylation sites (tertiary alicyclic amines) is 1. The first kappa shape index (κ1) is 19.1. The van der Waals surface area contributed by atoms with Gasteiger partial charge < -0.3 is 10.6 Å². The van der Waals surface area contributed by atoms with Gasteiger partial charge in [0.15, 0.2) is 5.96 Å². The third-order valence-electron chi connectivity index (χ3n) is 4.02. The van der Waals surface area contributed by atoms with Gasteiger partial charge in [-0.25, -0.2) is 4.99 Å². The first-order chi connectivity index (χ1) is 11.4. The van der Waals surface area contributed by atoms with Gasteiger partial charge in [-0.1, -0.05) is 0 Å². The van der Waals surface area contributed by atoms with Gasteiger partial charge in [0, 0.05) is 24.5 Å². The molecule has 0 bridgehead atoms. The number of thiophene rings is 1. The Kier molecular flexibility index (Phi) is 6.91. The zero-order chi connectivity index (χ0) is 17.6. The van der Waals surface area contributed by atoms with Gasteiger partial charge in [0.2, 0.25) is 0 Å². The van der Waals surface area contributed by atoms with Crippen LogP contribution in [-0.2, 0) is 6.54 Å². The van der Waals surface area contributed by atoms with Crippen molar-refractivity contribution in [2.45, 2.75) is 33.0 Å². The van der Waals surface area contributed by atoms with Crippen LogP contribution in [-0.4, -0.2) is 49.8 Å². The molecule has 1 aromatic rings. The van der Waals surface area contributed by atoms with E-state index in [1.54, 1.807) is 11.3 Å². The number of aryl methyl sites for hydroxylation is 1. The average molecular weight is 362 g/mol. The van der Waals surface area contributed by atoms with E-state index in [2.05, 4.69) is 28.6 Å². The number of hydrogen-bond donors (Lipinski definition) is 2. The third-order valence-corrected chi connectivity index (χ3v) is 5.03. The second kappa shape index (κ2) is 8.71. The highest BCUT2D eigenvalue weighted by Gasteiger charge is 2.34. The Balaban J connectivity index is 1.80. The molecule has 0 saturated carbocycles. The summed E-state index contributed by atoms with van der Waals surface area (Å²) >= 11 is 1.68. The van der Waals surface area contributed by atoms with Gasteiger partial charge in [-0.15, -0.1) is 11.3 Å². The van der Waals surface area contributed by atoms with E-state index in [1.807, 2.05) is 12.3 Å². The molecule has 0 amide bonds. The van der Waals surface area contributed by atoms with Crippen molar-refractivity contribution in [3.05, 3.63) is 21.9 Å². The molecule has 0 aliphatic carbocycles. The van der Waals surface area contributed by atoms with Gasteiger partial charge in [-0.3, -0.25) is 4.90 Å². The van der Waals surface area contributed by atoms with Crippen LogP contribution < -0.4 is 10.6 Å². The third kappa shape index (κ3) is 6.32. The molecule has 136 valence electrons. The van der Waals surface area contributed by atoms with Crippen molar-refractivity contribution < 1.29 is 13.2 Å². The molecule has 8 heteroatoms. The number of alkyl halides is 3. The first-order valence-electron chi connectivity index (χ1n) is 8.21. The molecule has 2 rings (SSSR count). The van der Waals surface area contributed by atoms with Crippen LogP contribution >= 0.6 is 11.3 Å². The lowest BCUT2D eigenvalue weighted by molar-refractivity contribution is -0.143. The van der Waals surface area contributed by atoms with Crippen molar-refractivity contribution in [3.63, 3.8) is 0 Å². The quantitative estimate of drug-likeness (QED) is 0.604. The van der Waals surface area contributed by atoms with Gasteiger partial charge in [-0.2, -0.15) is 13.2 Å². The number of nitrogens with zero attached hydrogens (tertiary/aromatic N) is 2. The van der Waals surface area contributed by atoms with Crippen LogP contribution in [0.3, 0.4) is 0 Å². The topological polar surface area (TPSA) is 39.7 Å². The molecule has 1 aliphatic heterocycles. The maximum Gasteiger partial charge on any atom is 0.401 e. The fourth-order valence-corrected chi connectivity index (χ4v) is 3.61. The SMILES string of the molecule is CCNC(=NCc1sccc1C)NCC1CCN(CC(F)(F)F)C1. The van der Waals surface area contributed by atoms with Crippen molar-refractivity contribution in [2.75, 3.05) is 32.7 Å². The standard InChI is InChI=1S/C16H25F3N4S/c1-3-20-15(22-9-14-12(2)5-7-24-14)21-8-13-4-6-23(10-13)11-16(17,18)19/h5,7,13H,3-4,6,8-11H2,1-2H3,(H2,20,21,22). The summed E-state index contributed by atoms with van der Waals surface area (Å²) in [4.78, 5) is 7.27. The molecule has 24 heavy (non-hydrogen) atoms. The number of aliphatic imine (C=N–C) groups is 1. The maximum atomic E-state index is 12.4. The molecular formula is C16H25F3N4S. The summed E-state index contributed by atoms with van der Waals surface area (Å²) in [6, 6.07) is 2.07. The lowest BCUT2D eigenvalue weighted by Gasteiger charge is -2.18. The van der Waals surface area contributed by atoms with E-state index in [4.69, 9.17) is 0 Å². The van der Waals surface area contributed by atoms with Crippen molar-refractivity contribution in [1.29, 1.82) is 0 Å². The van der Waals surface area contributed by atoms with Crippen molar-refractivity contribution in [3.8, 4) is 0 Å². The lowest BCUT2D eigenvalue weighted by Crippen LogP contribution is -2.40. The molecule has 2 heterocycles. The first-order valence-corrected chi connectivity index (χ1v) is 9.09. The molecule has 1 fully saturated rings.